The van der Waals surface area contributed by atoms with Crippen molar-refractivity contribution in [3.05, 3.63) is 54.5 Å². The molecule has 2 aromatic rings. The van der Waals surface area contributed by atoms with Crippen molar-refractivity contribution in [2.24, 2.45) is 4.99 Å². The summed E-state index contributed by atoms with van der Waals surface area (Å²) in [6, 6.07) is 13.9. The van der Waals surface area contributed by atoms with Crippen LogP contribution >= 0.6 is 0 Å². The molecule has 1 aliphatic rings. The molecule has 1 aromatic carbocycles. The van der Waals surface area contributed by atoms with Gasteiger partial charge in [-0.2, -0.15) is 0 Å². The molecule has 6 heteroatoms. The van der Waals surface area contributed by atoms with E-state index in [2.05, 4.69) is 20.1 Å². The van der Waals surface area contributed by atoms with E-state index in [0.717, 1.165) is 69.8 Å². The predicted molar refractivity (Wildman–Crippen MR) is 104 cm³/mol. The number of nitrogens with one attached hydrogen (secondary N) is 1. The summed E-state index contributed by atoms with van der Waals surface area (Å²) in [5.41, 5.74) is 0. The maximum atomic E-state index is 5.79. The van der Waals surface area contributed by atoms with Gasteiger partial charge < -0.3 is 19.4 Å². The second-order valence-electron chi connectivity index (χ2n) is 6.29. The number of benzene rings is 1. The first-order chi connectivity index (χ1) is 12.8. The molecule has 1 N–H and O–H groups in total. The zero-order valence-electron chi connectivity index (χ0n) is 15.4. The van der Waals surface area contributed by atoms with E-state index >= 15 is 0 Å². The summed E-state index contributed by atoms with van der Waals surface area (Å²) in [7, 11) is 1.84. The van der Waals surface area contributed by atoms with E-state index in [-0.39, 0.29) is 0 Å². The van der Waals surface area contributed by atoms with Crippen molar-refractivity contribution in [1.29, 1.82) is 0 Å². The minimum Gasteiger partial charge on any atom is -0.492 e. The first-order valence-electron chi connectivity index (χ1n) is 9.23. The molecule has 0 bridgehead atoms. The third-order valence-corrected chi connectivity index (χ3v) is 4.54. The lowest BCUT2D eigenvalue weighted by Gasteiger charge is -2.36. The molecule has 140 valence electrons. The lowest BCUT2D eigenvalue weighted by atomic mass is 10.3. The molecule has 1 fully saturated rings. The summed E-state index contributed by atoms with van der Waals surface area (Å²) < 4.78 is 11.2. The van der Waals surface area contributed by atoms with Gasteiger partial charge in [-0.15, -0.1) is 0 Å². The van der Waals surface area contributed by atoms with E-state index in [0.29, 0.717) is 0 Å². The second-order valence-corrected chi connectivity index (χ2v) is 6.29. The third-order valence-electron chi connectivity index (χ3n) is 4.54. The van der Waals surface area contributed by atoms with E-state index in [1.54, 1.807) is 6.26 Å². The number of ether oxygens (including phenoxy) is 1. The van der Waals surface area contributed by atoms with Gasteiger partial charge in [0.15, 0.2) is 5.96 Å². The summed E-state index contributed by atoms with van der Waals surface area (Å²) >= 11 is 0. The lowest BCUT2D eigenvalue weighted by Crippen LogP contribution is -2.53. The maximum Gasteiger partial charge on any atom is 0.193 e. The Morgan fingerprint density at radius 2 is 1.92 bits per heavy atom. The Hall–Kier alpha value is -2.47. The van der Waals surface area contributed by atoms with E-state index in [4.69, 9.17) is 9.15 Å². The SMILES string of the molecule is CN=C(NCCc1ccco1)N1CCN(CCOc2ccccc2)CC1. The first kappa shape index (κ1) is 18.3. The Balaban J connectivity index is 1.34. The van der Waals surface area contributed by atoms with Gasteiger partial charge in [0.1, 0.15) is 18.1 Å². The van der Waals surface area contributed by atoms with Crippen LogP contribution in [0.15, 0.2) is 58.1 Å². The van der Waals surface area contributed by atoms with Gasteiger partial charge in [0.25, 0.3) is 0 Å². The van der Waals surface area contributed by atoms with Crippen LogP contribution in [0.2, 0.25) is 0 Å². The van der Waals surface area contributed by atoms with Gasteiger partial charge >= 0.3 is 0 Å². The molecule has 0 aliphatic carbocycles. The average molecular weight is 356 g/mol. The number of guanidine groups is 1. The highest BCUT2D eigenvalue weighted by Gasteiger charge is 2.19. The molecule has 0 unspecified atom stereocenters. The van der Waals surface area contributed by atoms with Gasteiger partial charge in [0, 0.05) is 52.7 Å². The summed E-state index contributed by atoms with van der Waals surface area (Å²) in [5, 5.41) is 3.43. The van der Waals surface area contributed by atoms with Crippen LogP contribution in [0.25, 0.3) is 0 Å². The molecular formula is C20H28N4O2. The Kier molecular flexibility index (Phi) is 6.96. The summed E-state index contributed by atoms with van der Waals surface area (Å²) in [6.45, 7) is 6.50. The average Bonchev–Trinajstić information content (AvgIpc) is 3.20. The van der Waals surface area contributed by atoms with E-state index in [1.807, 2.05) is 49.5 Å². The fourth-order valence-electron chi connectivity index (χ4n) is 3.08. The van der Waals surface area contributed by atoms with Crippen LogP contribution in [0.4, 0.5) is 0 Å². The molecule has 1 aromatic heterocycles. The molecule has 1 aliphatic heterocycles. The van der Waals surface area contributed by atoms with E-state index < -0.39 is 0 Å². The van der Waals surface area contributed by atoms with Crippen molar-refractivity contribution >= 4 is 5.96 Å². The first-order valence-corrected chi connectivity index (χ1v) is 9.23. The van der Waals surface area contributed by atoms with Crippen LogP contribution in [-0.4, -0.2) is 68.7 Å². The molecule has 0 atom stereocenters. The normalized spacial score (nSPS) is 15.9. The number of aliphatic imine (C=N–C) groups is 1. The van der Waals surface area contributed by atoms with Crippen molar-refractivity contribution in [2.75, 3.05) is 52.9 Å². The van der Waals surface area contributed by atoms with Crippen LogP contribution in [0.3, 0.4) is 0 Å². The zero-order valence-corrected chi connectivity index (χ0v) is 15.4. The minimum absolute atomic E-state index is 0.722. The van der Waals surface area contributed by atoms with Gasteiger partial charge in [-0.3, -0.25) is 9.89 Å². The second kappa shape index (κ2) is 9.87. The zero-order chi connectivity index (χ0) is 18.0. The smallest absolute Gasteiger partial charge is 0.193 e. The van der Waals surface area contributed by atoms with Gasteiger partial charge in [-0.05, 0) is 24.3 Å². The Bertz CT molecular complexity index is 650. The van der Waals surface area contributed by atoms with Gasteiger partial charge in [-0.25, -0.2) is 0 Å². The molecule has 0 saturated carbocycles. The molecule has 0 radical (unpaired) electrons. The van der Waals surface area contributed by atoms with Crippen molar-refractivity contribution in [1.82, 2.24) is 15.1 Å². The largest absolute Gasteiger partial charge is 0.492 e. The summed E-state index contributed by atoms with van der Waals surface area (Å²) in [4.78, 5) is 9.17. The molecule has 0 amide bonds. The topological polar surface area (TPSA) is 53.2 Å². The van der Waals surface area contributed by atoms with Gasteiger partial charge in [0.05, 0.1) is 6.26 Å². The van der Waals surface area contributed by atoms with E-state index in [9.17, 15) is 0 Å². The van der Waals surface area contributed by atoms with Crippen molar-refractivity contribution in [3.63, 3.8) is 0 Å². The highest BCUT2D eigenvalue weighted by atomic mass is 16.5. The number of nitrogens with zero attached hydrogens (tertiary/aromatic N) is 3. The standard InChI is InChI=1S/C20H28N4O2/c1-21-20(22-10-9-19-8-5-16-25-19)24-13-11-23(12-14-24)15-17-26-18-6-3-2-4-7-18/h2-8,16H,9-15,17H2,1H3,(H,21,22). The van der Waals surface area contributed by atoms with Crippen molar-refractivity contribution < 1.29 is 9.15 Å². The molecular weight excluding hydrogens is 328 g/mol. The highest BCUT2D eigenvalue weighted by molar-refractivity contribution is 5.80. The van der Waals surface area contributed by atoms with Crippen LogP contribution in [-0.2, 0) is 6.42 Å². The number of furan rings is 1. The number of para-hydroxylation sites is 1. The van der Waals surface area contributed by atoms with Crippen LogP contribution in [0.5, 0.6) is 5.75 Å². The monoisotopic (exact) mass is 356 g/mol. The Labute approximate surface area is 155 Å². The fraction of sp³-hybridized carbons (Fsp3) is 0.450. The molecule has 2 heterocycles. The van der Waals surface area contributed by atoms with Crippen molar-refractivity contribution in [2.45, 2.75) is 6.42 Å². The summed E-state index contributed by atoms with van der Waals surface area (Å²) in [6.07, 6.45) is 2.58. The highest BCUT2D eigenvalue weighted by Crippen LogP contribution is 2.09. The predicted octanol–water partition coefficient (Wildman–Crippen LogP) is 2.09. The van der Waals surface area contributed by atoms with Gasteiger partial charge in [-0.1, -0.05) is 18.2 Å². The van der Waals surface area contributed by atoms with Gasteiger partial charge in [0.2, 0.25) is 0 Å². The number of piperazine rings is 1. The lowest BCUT2D eigenvalue weighted by molar-refractivity contribution is 0.152. The molecule has 3 rings (SSSR count). The van der Waals surface area contributed by atoms with Crippen LogP contribution in [0.1, 0.15) is 5.76 Å². The fourth-order valence-corrected chi connectivity index (χ4v) is 3.08. The third kappa shape index (κ3) is 5.52. The molecule has 26 heavy (non-hydrogen) atoms. The van der Waals surface area contributed by atoms with Crippen LogP contribution in [0, 0.1) is 0 Å². The number of rotatable bonds is 7. The Morgan fingerprint density at radius 3 is 2.62 bits per heavy atom. The quantitative estimate of drug-likeness (QED) is 0.608. The Morgan fingerprint density at radius 1 is 1.12 bits per heavy atom. The minimum atomic E-state index is 0.722. The molecule has 0 spiro atoms. The van der Waals surface area contributed by atoms with Crippen molar-refractivity contribution in [3.8, 4) is 5.75 Å². The molecule has 6 nitrogen and oxygen atoms in total. The maximum absolute atomic E-state index is 5.79. The molecule has 1 saturated heterocycles. The van der Waals surface area contributed by atoms with E-state index in [1.165, 1.54) is 0 Å². The van der Waals surface area contributed by atoms with Crippen LogP contribution < -0.4 is 10.1 Å². The number of hydrogen-bond donors (Lipinski definition) is 1. The number of hydrogen-bond acceptors (Lipinski definition) is 4. The summed E-state index contributed by atoms with van der Waals surface area (Å²) in [5.74, 6) is 2.90.